The molecule has 7 nitrogen and oxygen atoms in total. The van der Waals surface area contributed by atoms with Crippen LogP contribution in [0.25, 0.3) is 0 Å². The molecule has 1 aromatic heterocycles. The van der Waals surface area contributed by atoms with E-state index in [4.69, 9.17) is 14.0 Å². The molecule has 1 N–H and O–H groups in total. The minimum Gasteiger partial charge on any atom is -0.444 e. The molecule has 2 fully saturated rings. The number of nitrogens with one attached hydrogen (secondary N) is 1. The summed E-state index contributed by atoms with van der Waals surface area (Å²) in [5, 5.41) is 7.05. The number of nitrogens with zero attached hydrogens (tertiary/aromatic N) is 2. The molecule has 1 atom stereocenters. The van der Waals surface area contributed by atoms with Gasteiger partial charge in [0.1, 0.15) is 11.1 Å². The Kier molecular flexibility index (Phi) is 4.80. The topological polar surface area (TPSA) is 86.5 Å². The van der Waals surface area contributed by atoms with E-state index in [0.29, 0.717) is 24.2 Å². The lowest BCUT2D eigenvalue weighted by atomic mass is 9.76. The summed E-state index contributed by atoms with van der Waals surface area (Å²) in [6.45, 7) is 6.38. The number of alkyl carbamates (subject to hydrolysis) is 1. The van der Waals surface area contributed by atoms with E-state index in [1.165, 1.54) is 0 Å². The van der Waals surface area contributed by atoms with Gasteiger partial charge in [0.15, 0.2) is 5.82 Å². The Morgan fingerprint density at radius 3 is 2.75 bits per heavy atom. The summed E-state index contributed by atoms with van der Waals surface area (Å²) in [4.78, 5) is 16.6. The molecule has 1 saturated carbocycles. The Morgan fingerprint density at radius 1 is 1.38 bits per heavy atom. The molecule has 0 aromatic carbocycles. The minimum absolute atomic E-state index is 0.304. The van der Waals surface area contributed by atoms with E-state index in [2.05, 4.69) is 15.5 Å². The highest BCUT2D eigenvalue weighted by Gasteiger charge is 2.45. The van der Waals surface area contributed by atoms with Gasteiger partial charge < -0.3 is 19.3 Å². The predicted molar refractivity (Wildman–Crippen MR) is 86.5 cm³/mol. The molecule has 1 aliphatic heterocycles. The molecule has 0 spiro atoms. The van der Waals surface area contributed by atoms with E-state index in [9.17, 15) is 4.79 Å². The highest BCUT2D eigenvalue weighted by molar-refractivity contribution is 5.69. The van der Waals surface area contributed by atoms with E-state index in [-0.39, 0.29) is 0 Å². The third-order valence-corrected chi connectivity index (χ3v) is 4.55. The fourth-order valence-corrected chi connectivity index (χ4v) is 3.14. The van der Waals surface area contributed by atoms with E-state index in [0.717, 1.165) is 45.1 Å². The zero-order chi connectivity index (χ0) is 17.2. The van der Waals surface area contributed by atoms with E-state index in [1.807, 2.05) is 20.8 Å². The maximum Gasteiger partial charge on any atom is 0.408 e. The first-order chi connectivity index (χ1) is 11.4. The standard InChI is InChI=1S/C17H27N3O4/c1-16(2,3)23-15(21)19-17(9-5-10-17)14-18-13(24-20-14)8-7-12-6-4-11-22-12/h12H,4-11H2,1-3H3,(H,19,21). The normalized spacial score (nSPS) is 22.9. The number of rotatable bonds is 5. The molecule has 1 aromatic rings. The van der Waals surface area contributed by atoms with Crippen molar-refractivity contribution in [3.8, 4) is 0 Å². The Morgan fingerprint density at radius 2 is 2.17 bits per heavy atom. The Hall–Kier alpha value is -1.63. The van der Waals surface area contributed by atoms with Gasteiger partial charge in [-0.1, -0.05) is 5.16 Å². The molecule has 1 aliphatic carbocycles. The Bertz CT molecular complexity index is 569. The first kappa shape index (κ1) is 17.2. The average Bonchev–Trinajstić information content (AvgIpc) is 3.10. The molecule has 1 amide bonds. The summed E-state index contributed by atoms with van der Waals surface area (Å²) in [6, 6.07) is 0. The van der Waals surface area contributed by atoms with Gasteiger partial charge in [0.05, 0.1) is 6.10 Å². The van der Waals surface area contributed by atoms with E-state index < -0.39 is 17.2 Å². The highest BCUT2D eigenvalue weighted by Crippen LogP contribution is 2.40. The van der Waals surface area contributed by atoms with Gasteiger partial charge in [0.2, 0.25) is 5.89 Å². The van der Waals surface area contributed by atoms with Crippen LogP contribution in [-0.2, 0) is 21.4 Å². The predicted octanol–water partition coefficient (Wildman–Crippen LogP) is 3.09. The van der Waals surface area contributed by atoms with Gasteiger partial charge in [0, 0.05) is 13.0 Å². The number of aromatic nitrogens is 2. The third kappa shape index (κ3) is 4.06. The molecule has 24 heavy (non-hydrogen) atoms. The first-order valence-corrected chi connectivity index (χ1v) is 8.82. The number of amides is 1. The molecule has 2 aliphatic rings. The first-order valence-electron chi connectivity index (χ1n) is 8.82. The summed E-state index contributed by atoms with van der Waals surface area (Å²) in [7, 11) is 0. The van der Waals surface area contributed by atoms with Gasteiger partial charge in [0.25, 0.3) is 0 Å². The zero-order valence-electron chi connectivity index (χ0n) is 14.8. The van der Waals surface area contributed by atoms with E-state index >= 15 is 0 Å². The van der Waals surface area contributed by atoms with Crippen LogP contribution in [0.15, 0.2) is 4.52 Å². The lowest BCUT2D eigenvalue weighted by Gasteiger charge is -2.39. The van der Waals surface area contributed by atoms with Gasteiger partial charge in [-0.25, -0.2) is 4.79 Å². The van der Waals surface area contributed by atoms with Crippen LogP contribution >= 0.6 is 0 Å². The van der Waals surface area contributed by atoms with Crippen LogP contribution in [0.1, 0.15) is 71.0 Å². The van der Waals surface area contributed by atoms with Crippen LogP contribution in [0.3, 0.4) is 0 Å². The quantitative estimate of drug-likeness (QED) is 0.888. The second kappa shape index (κ2) is 6.70. The van der Waals surface area contributed by atoms with Crippen molar-refractivity contribution in [2.45, 2.75) is 83.0 Å². The van der Waals surface area contributed by atoms with Crippen molar-refractivity contribution in [2.75, 3.05) is 6.61 Å². The molecule has 1 unspecified atom stereocenters. The number of carbonyl (C=O) groups excluding carboxylic acids is 1. The molecule has 0 bridgehead atoms. The van der Waals surface area contributed by atoms with Gasteiger partial charge in [-0.3, -0.25) is 0 Å². The fourth-order valence-electron chi connectivity index (χ4n) is 3.14. The Balaban J connectivity index is 1.59. The monoisotopic (exact) mass is 337 g/mol. The number of hydrogen-bond acceptors (Lipinski definition) is 6. The molecule has 3 rings (SSSR count). The third-order valence-electron chi connectivity index (χ3n) is 4.55. The fraction of sp³-hybridized carbons (Fsp3) is 0.824. The van der Waals surface area contributed by atoms with Crippen LogP contribution in [0.5, 0.6) is 0 Å². The van der Waals surface area contributed by atoms with Gasteiger partial charge >= 0.3 is 6.09 Å². The number of hydrogen-bond donors (Lipinski definition) is 1. The average molecular weight is 337 g/mol. The summed E-state index contributed by atoms with van der Waals surface area (Å²) in [5.41, 5.74) is -1.08. The molecule has 2 heterocycles. The SMILES string of the molecule is CC(C)(C)OC(=O)NC1(c2noc(CCC3CCCO3)n2)CCC1. The van der Waals surface area contributed by atoms with Gasteiger partial charge in [-0.15, -0.1) is 0 Å². The van der Waals surface area contributed by atoms with Crippen molar-refractivity contribution in [1.82, 2.24) is 15.5 Å². The lowest BCUT2D eigenvalue weighted by molar-refractivity contribution is 0.0362. The van der Waals surface area contributed by atoms with Crippen LogP contribution in [0.4, 0.5) is 4.79 Å². The molecule has 7 heteroatoms. The summed E-state index contributed by atoms with van der Waals surface area (Å²) in [6.07, 6.45) is 6.33. The number of carbonyl (C=O) groups is 1. The second-order valence-electron chi connectivity index (χ2n) is 7.75. The minimum atomic E-state index is -0.548. The highest BCUT2D eigenvalue weighted by atomic mass is 16.6. The van der Waals surface area contributed by atoms with Crippen LogP contribution < -0.4 is 5.32 Å². The number of aryl methyl sites for hydroxylation is 1. The molecule has 1 saturated heterocycles. The van der Waals surface area contributed by atoms with Gasteiger partial charge in [-0.2, -0.15) is 4.98 Å². The lowest BCUT2D eigenvalue weighted by Crippen LogP contribution is -2.52. The maximum absolute atomic E-state index is 12.1. The van der Waals surface area contributed by atoms with Crippen molar-refractivity contribution < 1.29 is 18.8 Å². The van der Waals surface area contributed by atoms with Crippen molar-refractivity contribution >= 4 is 6.09 Å². The maximum atomic E-state index is 12.1. The van der Waals surface area contributed by atoms with Crippen LogP contribution in [-0.4, -0.2) is 34.5 Å². The van der Waals surface area contributed by atoms with Crippen molar-refractivity contribution in [3.63, 3.8) is 0 Å². The largest absolute Gasteiger partial charge is 0.444 e. The summed E-state index contributed by atoms with van der Waals surface area (Å²) >= 11 is 0. The van der Waals surface area contributed by atoms with E-state index in [1.54, 1.807) is 0 Å². The van der Waals surface area contributed by atoms with Crippen molar-refractivity contribution in [2.24, 2.45) is 0 Å². The second-order valence-corrected chi connectivity index (χ2v) is 7.75. The molecule has 134 valence electrons. The zero-order valence-corrected chi connectivity index (χ0v) is 14.8. The van der Waals surface area contributed by atoms with Gasteiger partial charge in [-0.05, 0) is 59.3 Å². The van der Waals surface area contributed by atoms with Crippen LogP contribution in [0, 0.1) is 0 Å². The molecule has 0 radical (unpaired) electrons. The Labute approximate surface area is 142 Å². The smallest absolute Gasteiger partial charge is 0.408 e. The summed E-state index contributed by atoms with van der Waals surface area (Å²) < 4.78 is 16.4. The molecular formula is C17H27N3O4. The van der Waals surface area contributed by atoms with Crippen LogP contribution in [0.2, 0.25) is 0 Å². The molecular weight excluding hydrogens is 310 g/mol. The summed E-state index contributed by atoms with van der Waals surface area (Å²) in [5.74, 6) is 1.17. The van der Waals surface area contributed by atoms with Crippen molar-refractivity contribution in [3.05, 3.63) is 11.7 Å². The number of ether oxygens (including phenoxy) is 2. The van der Waals surface area contributed by atoms with Crippen molar-refractivity contribution in [1.29, 1.82) is 0 Å².